The Bertz CT molecular complexity index is 944. The number of ketones is 1. The molecular weight excluding hydrogens is 385 g/mol. The van der Waals surface area contributed by atoms with Crippen molar-refractivity contribution in [1.29, 1.82) is 0 Å². The van der Waals surface area contributed by atoms with Crippen LogP contribution in [0, 0.1) is 5.82 Å². The maximum absolute atomic E-state index is 13.0. The van der Waals surface area contributed by atoms with Gasteiger partial charge in [0.1, 0.15) is 5.82 Å². The van der Waals surface area contributed by atoms with E-state index in [0.717, 1.165) is 18.4 Å². The van der Waals surface area contributed by atoms with E-state index in [0.29, 0.717) is 5.69 Å². The molecular formula is C17H15ClFNO5S. The van der Waals surface area contributed by atoms with E-state index in [1.54, 1.807) is 0 Å². The fourth-order valence-electron chi connectivity index (χ4n) is 2.08. The molecule has 26 heavy (non-hydrogen) atoms. The Labute approximate surface area is 155 Å². The zero-order chi connectivity index (χ0) is 19.5. The van der Waals surface area contributed by atoms with Crippen LogP contribution in [0.3, 0.4) is 0 Å². The zero-order valence-corrected chi connectivity index (χ0v) is 15.4. The highest BCUT2D eigenvalue weighted by Crippen LogP contribution is 2.20. The lowest BCUT2D eigenvalue weighted by atomic mass is 10.1. The Balaban J connectivity index is 2.08. The van der Waals surface area contributed by atoms with Gasteiger partial charge in [-0.1, -0.05) is 11.6 Å². The summed E-state index contributed by atoms with van der Waals surface area (Å²) in [6.45, 7) is 1.39. The molecule has 0 fully saturated rings. The van der Waals surface area contributed by atoms with Crippen molar-refractivity contribution in [2.24, 2.45) is 0 Å². The number of ether oxygens (including phenoxy) is 1. The minimum absolute atomic E-state index is 0.0552. The van der Waals surface area contributed by atoms with Crippen molar-refractivity contribution in [2.45, 2.75) is 13.0 Å². The van der Waals surface area contributed by atoms with Gasteiger partial charge in [0.15, 0.2) is 6.10 Å². The number of benzene rings is 2. The topological polar surface area (TPSA) is 89.5 Å². The number of nitrogens with one attached hydrogen (secondary N) is 1. The van der Waals surface area contributed by atoms with Crippen molar-refractivity contribution >= 4 is 39.1 Å². The number of hydrogen-bond acceptors (Lipinski definition) is 5. The molecule has 0 aromatic heterocycles. The van der Waals surface area contributed by atoms with Gasteiger partial charge < -0.3 is 4.74 Å². The molecule has 0 radical (unpaired) electrons. The Morgan fingerprint density at radius 2 is 1.77 bits per heavy atom. The molecule has 1 N–H and O–H groups in total. The fraction of sp³-hybridized carbons (Fsp3) is 0.176. The number of Topliss-reactive ketones (excluding diaryl/α,β-unsaturated/α-hetero) is 1. The van der Waals surface area contributed by atoms with Crippen molar-refractivity contribution < 1.29 is 27.1 Å². The lowest BCUT2D eigenvalue weighted by molar-refractivity contribution is 0.0319. The molecule has 0 heterocycles. The van der Waals surface area contributed by atoms with Crippen molar-refractivity contribution in [1.82, 2.24) is 0 Å². The number of hydrogen-bond donors (Lipinski definition) is 1. The Morgan fingerprint density at radius 1 is 1.15 bits per heavy atom. The molecule has 2 rings (SSSR count). The third kappa shape index (κ3) is 5.27. The van der Waals surface area contributed by atoms with Crippen molar-refractivity contribution in [3.8, 4) is 0 Å². The normalized spacial score (nSPS) is 12.3. The van der Waals surface area contributed by atoms with Gasteiger partial charge in [-0.05, 0) is 49.4 Å². The number of anilines is 1. The molecule has 0 aliphatic heterocycles. The summed E-state index contributed by atoms with van der Waals surface area (Å²) in [6.07, 6.45) is -0.105. The fourth-order valence-corrected chi connectivity index (χ4v) is 2.89. The molecule has 2 aromatic rings. The van der Waals surface area contributed by atoms with Crippen LogP contribution >= 0.6 is 11.6 Å². The maximum atomic E-state index is 13.0. The molecule has 0 bridgehead atoms. The van der Waals surface area contributed by atoms with Gasteiger partial charge in [-0.15, -0.1) is 0 Å². The minimum atomic E-state index is -3.42. The van der Waals surface area contributed by atoms with E-state index >= 15 is 0 Å². The predicted molar refractivity (Wildman–Crippen MR) is 95.5 cm³/mol. The summed E-state index contributed by atoms with van der Waals surface area (Å²) >= 11 is 5.79. The number of halogens is 2. The molecule has 0 saturated carbocycles. The van der Waals surface area contributed by atoms with Crippen LogP contribution in [0.15, 0.2) is 42.5 Å². The molecule has 6 nitrogen and oxygen atoms in total. The summed E-state index contributed by atoms with van der Waals surface area (Å²) in [4.78, 5) is 24.4. The van der Waals surface area contributed by atoms with Gasteiger partial charge in [0.05, 0.1) is 16.8 Å². The van der Waals surface area contributed by atoms with Crippen LogP contribution in [-0.4, -0.2) is 32.5 Å². The van der Waals surface area contributed by atoms with Gasteiger partial charge in [-0.2, -0.15) is 0 Å². The van der Waals surface area contributed by atoms with E-state index in [1.165, 1.54) is 37.3 Å². The van der Waals surface area contributed by atoms with Crippen LogP contribution in [0.5, 0.6) is 0 Å². The Morgan fingerprint density at radius 3 is 2.31 bits per heavy atom. The SMILES string of the molecule is C[C@@H](OC(=O)c1ccc(F)cc1Cl)C(=O)c1ccc(NS(C)(=O)=O)cc1. The zero-order valence-electron chi connectivity index (χ0n) is 13.8. The summed E-state index contributed by atoms with van der Waals surface area (Å²) in [5, 5.41) is -0.120. The highest BCUT2D eigenvalue weighted by Gasteiger charge is 2.22. The molecule has 0 aliphatic carbocycles. The van der Waals surface area contributed by atoms with Gasteiger partial charge in [0.25, 0.3) is 0 Å². The number of esters is 1. The average Bonchev–Trinajstić information content (AvgIpc) is 2.53. The largest absolute Gasteiger partial charge is 0.451 e. The maximum Gasteiger partial charge on any atom is 0.340 e. The average molecular weight is 400 g/mol. The van der Waals surface area contributed by atoms with Crippen LogP contribution in [0.25, 0.3) is 0 Å². The molecule has 0 aliphatic rings. The highest BCUT2D eigenvalue weighted by atomic mass is 35.5. The summed E-state index contributed by atoms with van der Waals surface area (Å²) in [5.74, 6) is -1.94. The Kier molecular flexibility index (Phi) is 5.99. The quantitative estimate of drug-likeness (QED) is 0.594. The first-order chi connectivity index (χ1) is 12.1. The van der Waals surface area contributed by atoms with Crippen molar-refractivity contribution in [3.05, 3.63) is 64.4 Å². The van der Waals surface area contributed by atoms with Crippen LogP contribution < -0.4 is 4.72 Å². The molecule has 2 aromatic carbocycles. The van der Waals surface area contributed by atoms with Crippen LogP contribution in [0.4, 0.5) is 10.1 Å². The lowest BCUT2D eigenvalue weighted by Crippen LogP contribution is -2.24. The summed E-state index contributed by atoms with van der Waals surface area (Å²) in [5.41, 5.74) is 0.474. The number of rotatable bonds is 6. The van der Waals surface area contributed by atoms with Crippen LogP contribution in [0.2, 0.25) is 5.02 Å². The van der Waals surface area contributed by atoms with E-state index in [1.807, 2.05) is 0 Å². The van der Waals surface area contributed by atoms with Gasteiger partial charge >= 0.3 is 5.97 Å². The van der Waals surface area contributed by atoms with E-state index in [4.69, 9.17) is 16.3 Å². The van der Waals surface area contributed by atoms with E-state index in [9.17, 15) is 22.4 Å². The third-order valence-corrected chi connectivity index (χ3v) is 4.20. The van der Waals surface area contributed by atoms with E-state index < -0.39 is 33.7 Å². The predicted octanol–water partition coefficient (Wildman–Crippen LogP) is 3.28. The van der Waals surface area contributed by atoms with Crippen LogP contribution in [-0.2, 0) is 14.8 Å². The first-order valence-electron chi connectivity index (χ1n) is 7.35. The van der Waals surface area contributed by atoms with Gasteiger partial charge in [-0.25, -0.2) is 17.6 Å². The summed E-state index contributed by atoms with van der Waals surface area (Å²) < 4.78 is 42.7. The molecule has 0 spiro atoms. The molecule has 0 unspecified atom stereocenters. The monoisotopic (exact) mass is 399 g/mol. The molecule has 0 amide bonds. The van der Waals surface area contributed by atoms with E-state index in [2.05, 4.69) is 4.72 Å². The molecule has 138 valence electrons. The molecule has 9 heteroatoms. The number of carbonyl (C=O) groups is 2. The Hall–Kier alpha value is -2.45. The smallest absolute Gasteiger partial charge is 0.340 e. The van der Waals surface area contributed by atoms with Gasteiger partial charge in [-0.3, -0.25) is 9.52 Å². The van der Waals surface area contributed by atoms with Crippen molar-refractivity contribution in [2.75, 3.05) is 11.0 Å². The van der Waals surface area contributed by atoms with Gasteiger partial charge in [0.2, 0.25) is 15.8 Å². The second kappa shape index (κ2) is 7.84. The molecule has 1 atom stereocenters. The first kappa shape index (κ1) is 19.9. The number of sulfonamides is 1. The highest BCUT2D eigenvalue weighted by molar-refractivity contribution is 7.92. The second-order valence-electron chi connectivity index (χ2n) is 5.49. The standard InChI is InChI=1S/C17H15ClFNO5S/c1-10(25-17(22)14-8-5-12(19)9-15(14)18)16(21)11-3-6-13(7-4-11)20-26(2,23)24/h3-10,20H,1-2H3/t10-/m1/s1. The van der Waals surface area contributed by atoms with E-state index in [-0.39, 0.29) is 16.1 Å². The minimum Gasteiger partial charge on any atom is -0.451 e. The molecule has 0 saturated heterocycles. The number of carbonyl (C=O) groups excluding carboxylic acids is 2. The summed E-state index contributed by atoms with van der Waals surface area (Å²) in [6, 6.07) is 8.85. The first-order valence-corrected chi connectivity index (χ1v) is 9.62. The lowest BCUT2D eigenvalue weighted by Gasteiger charge is -2.13. The van der Waals surface area contributed by atoms with Crippen molar-refractivity contribution in [3.63, 3.8) is 0 Å². The second-order valence-corrected chi connectivity index (χ2v) is 7.64. The third-order valence-electron chi connectivity index (χ3n) is 3.28. The van der Waals surface area contributed by atoms with Crippen LogP contribution in [0.1, 0.15) is 27.6 Å². The van der Waals surface area contributed by atoms with Gasteiger partial charge in [0, 0.05) is 11.3 Å². The summed E-state index contributed by atoms with van der Waals surface area (Å²) in [7, 11) is -3.42.